The van der Waals surface area contributed by atoms with Crippen molar-refractivity contribution in [3.8, 4) is 5.75 Å². The van der Waals surface area contributed by atoms with Crippen LogP contribution in [-0.2, 0) is 5.54 Å². The van der Waals surface area contributed by atoms with Crippen LogP contribution in [-0.4, -0.2) is 20.2 Å². The molecule has 0 fully saturated rings. The Balaban J connectivity index is 3.17. The van der Waals surface area contributed by atoms with Crippen LogP contribution in [0.1, 0.15) is 33.3 Å². The number of methoxy groups -OCH3 is 1. The summed E-state index contributed by atoms with van der Waals surface area (Å²) in [6.07, 6.45) is 0. The second-order valence-corrected chi connectivity index (χ2v) is 4.78. The van der Waals surface area contributed by atoms with Gasteiger partial charge in [0, 0.05) is 35.9 Å². The molecule has 0 spiro atoms. The van der Waals surface area contributed by atoms with Crippen molar-refractivity contribution in [2.45, 2.75) is 33.2 Å². The van der Waals surface area contributed by atoms with Crippen molar-refractivity contribution in [3.05, 3.63) is 23.8 Å². The van der Waals surface area contributed by atoms with Crippen molar-refractivity contribution in [2.75, 3.05) is 25.1 Å². The van der Waals surface area contributed by atoms with Crippen LogP contribution in [0.4, 0.5) is 5.69 Å². The average Bonchev–Trinajstić information content (AvgIpc) is 2.29. The lowest BCUT2D eigenvalue weighted by atomic mass is 9.94. The van der Waals surface area contributed by atoms with Gasteiger partial charge < -0.3 is 15.4 Å². The smallest absolute Gasteiger partial charge is 0.125 e. The third kappa shape index (κ3) is 3.13. The van der Waals surface area contributed by atoms with Gasteiger partial charge >= 0.3 is 0 Å². The van der Waals surface area contributed by atoms with E-state index in [1.807, 2.05) is 13.8 Å². The number of hydrogen-bond donors (Lipinski definition) is 1. The zero-order valence-corrected chi connectivity index (χ0v) is 11.6. The molecule has 0 atom stereocenters. The van der Waals surface area contributed by atoms with Gasteiger partial charge in [-0.05, 0) is 33.8 Å². The maximum absolute atomic E-state index is 6.13. The van der Waals surface area contributed by atoms with Crippen molar-refractivity contribution in [1.82, 2.24) is 0 Å². The minimum absolute atomic E-state index is 0.382. The lowest BCUT2D eigenvalue weighted by Crippen LogP contribution is -2.29. The number of nitrogens with zero attached hydrogens (tertiary/aromatic N) is 1. The summed E-state index contributed by atoms with van der Waals surface area (Å²) in [5.74, 6) is 0.863. The monoisotopic (exact) mass is 236 g/mol. The number of hydrogen-bond acceptors (Lipinski definition) is 3. The van der Waals surface area contributed by atoms with Crippen molar-refractivity contribution in [1.29, 1.82) is 0 Å². The Morgan fingerprint density at radius 3 is 2.24 bits per heavy atom. The lowest BCUT2D eigenvalue weighted by molar-refractivity contribution is 0.394. The van der Waals surface area contributed by atoms with E-state index in [0.29, 0.717) is 0 Å². The zero-order valence-electron chi connectivity index (χ0n) is 11.6. The first-order valence-corrected chi connectivity index (χ1v) is 6.16. The van der Waals surface area contributed by atoms with Crippen LogP contribution in [0.3, 0.4) is 0 Å². The Morgan fingerprint density at radius 1 is 1.24 bits per heavy atom. The summed E-state index contributed by atoms with van der Waals surface area (Å²) in [5, 5.41) is 0. The van der Waals surface area contributed by atoms with Gasteiger partial charge in [-0.1, -0.05) is 6.07 Å². The van der Waals surface area contributed by atoms with Crippen LogP contribution in [0.15, 0.2) is 18.2 Å². The maximum Gasteiger partial charge on any atom is 0.125 e. The highest BCUT2D eigenvalue weighted by Gasteiger charge is 2.19. The summed E-state index contributed by atoms with van der Waals surface area (Å²) in [6, 6.07) is 6.24. The molecule has 1 aromatic rings. The number of rotatable bonds is 5. The van der Waals surface area contributed by atoms with Crippen LogP contribution in [0.5, 0.6) is 5.75 Å². The van der Waals surface area contributed by atoms with Gasteiger partial charge in [-0.25, -0.2) is 0 Å². The average molecular weight is 236 g/mol. The van der Waals surface area contributed by atoms with Gasteiger partial charge in [-0.2, -0.15) is 0 Å². The second kappa shape index (κ2) is 5.41. The Hall–Kier alpha value is -1.22. The fraction of sp³-hybridized carbons (Fsp3) is 0.571. The molecule has 0 saturated carbocycles. The molecular formula is C14H24N2O. The van der Waals surface area contributed by atoms with Crippen LogP contribution in [0.25, 0.3) is 0 Å². The van der Waals surface area contributed by atoms with Crippen LogP contribution in [0.2, 0.25) is 0 Å². The third-order valence-electron chi connectivity index (χ3n) is 3.01. The minimum Gasteiger partial charge on any atom is -0.496 e. The van der Waals surface area contributed by atoms with Gasteiger partial charge in [0.05, 0.1) is 7.11 Å². The van der Waals surface area contributed by atoms with Crippen molar-refractivity contribution >= 4 is 5.69 Å². The molecule has 0 saturated heterocycles. The fourth-order valence-electron chi connectivity index (χ4n) is 2.00. The van der Waals surface area contributed by atoms with Crippen LogP contribution in [0, 0.1) is 0 Å². The normalized spacial score (nSPS) is 11.4. The standard InChI is InChI=1S/C14H24N2O/c1-6-16(7-2)11-8-9-12(14(3,4)15)13(10-11)17-5/h8-10H,6-7,15H2,1-5H3. The highest BCUT2D eigenvalue weighted by atomic mass is 16.5. The molecule has 1 rings (SSSR count). The Morgan fingerprint density at radius 2 is 1.82 bits per heavy atom. The summed E-state index contributed by atoms with van der Waals surface area (Å²) in [4.78, 5) is 2.29. The van der Waals surface area contributed by atoms with Crippen molar-refractivity contribution in [2.24, 2.45) is 5.73 Å². The Labute approximate surface area is 105 Å². The molecule has 0 unspecified atom stereocenters. The lowest BCUT2D eigenvalue weighted by Gasteiger charge is -2.26. The number of nitrogens with two attached hydrogens (primary N) is 1. The number of ether oxygens (including phenoxy) is 1. The number of benzene rings is 1. The molecule has 0 aliphatic heterocycles. The van der Waals surface area contributed by atoms with E-state index in [9.17, 15) is 0 Å². The van der Waals surface area contributed by atoms with E-state index in [4.69, 9.17) is 10.5 Å². The van der Waals surface area contributed by atoms with E-state index in [-0.39, 0.29) is 5.54 Å². The van der Waals surface area contributed by atoms with Crippen molar-refractivity contribution < 1.29 is 4.74 Å². The molecule has 1 aromatic carbocycles. The highest BCUT2D eigenvalue weighted by Crippen LogP contribution is 2.31. The first-order valence-electron chi connectivity index (χ1n) is 6.16. The van der Waals surface area contributed by atoms with Crippen molar-refractivity contribution in [3.63, 3.8) is 0 Å². The fourth-order valence-corrected chi connectivity index (χ4v) is 2.00. The van der Waals surface area contributed by atoms with E-state index in [1.54, 1.807) is 7.11 Å². The molecular weight excluding hydrogens is 212 g/mol. The van der Waals surface area contributed by atoms with E-state index in [1.165, 1.54) is 5.69 Å². The third-order valence-corrected chi connectivity index (χ3v) is 3.01. The predicted molar refractivity (Wildman–Crippen MR) is 73.8 cm³/mol. The highest BCUT2D eigenvalue weighted by molar-refractivity contribution is 5.55. The molecule has 2 N–H and O–H groups in total. The predicted octanol–water partition coefficient (Wildman–Crippen LogP) is 2.74. The molecule has 0 aliphatic rings. The summed E-state index contributed by atoms with van der Waals surface area (Å²) in [5.41, 5.74) is 7.97. The SMILES string of the molecule is CCN(CC)c1ccc(C(C)(C)N)c(OC)c1. The van der Waals surface area contributed by atoms with Gasteiger partial charge in [0.25, 0.3) is 0 Å². The summed E-state index contributed by atoms with van der Waals surface area (Å²) in [6.45, 7) is 10.3. The molecule has 0 aromatic heterocycles. The molecule has 0 amide bonds. The summed E-state index contributed by atoms with van der Waals surface area (Å²) >= 11 is 0. The van der Waals surface area contributed by atoms with Gasteiger partial charge in [-0.15, -0.1) is 0 Å². The van der Waals surface area contributed by atoms with E-state index in [0.717, 1.165) is 24.4 Å². The van der Waals surface area contributed by atoms with E-state index in [2.05, 4.69) is 36.9 Å². The summed E-state index contributed by atoms with van der Waals surface area (Å²) < 4.78 is 5.44. The van der Waals surface area contributed by atoms with Crippen LogP contribution >= 0.6 is 0 Å². The molecule has 0 aliphatic carbocycles. The van der Waals surface area contributed by atoms with Gasteiger partial charge in [0.2, 0.25) is 0 Å². The molecule has 3 heteroatoms. The van der Waals surface area contributed by atoms with Gasteiger partial charge in [0.15, 0.2) is 0 Å². The van der Waals surface area contributed by atoms with Gasteiger partial charge in [0.1, 0.15) is 5.75 Å². The van der Waals surface area contributed by atoms with E-state index < -0.39 is 0 Å². The first kappa shape index (κ1) is 13.8. The Bertz CT molecular complexity index is 365. The minimum atomic E-state index is -0.382. The first-order chi connectivity index (χ1) is 7.93. The summed E-state index contributed by atoms with van der Waals surface area (Å²) in [7, 11) is 1.69. The zero-order chi connectivity index (χ0) is 13.1. The number of anilines is 1. The Kier molecular flexibility index (Phi) is 4.40. The van der Waals surface area contributed by atoms with Gasteiger partial charge in [-0.3, -0.25) is 0 Å². The quantitative estimate of drug-likeness (QED) is 0.854. The molecule has 17 heavy (non-hydrogen) atoms. The molecule has 0 radical (unpaired) electrons. The molecule has 96 valence electrons. The maximum atomic E-state index is 6.13. The largest absolute Gasteiger partial charge is 0.496 e. The molecule has 0 bridgehead atoms. The van der Waals surface area contributed by atoms with Crippen LogP contribution < -0.4 is 15.4 Å². The topological polar surface area (TPSA) is 38.5 Å². The van der Waals surface area contributed by atoms with E-state index >= 15 is 0 Å². The second-order valence-electron chi connectivity index (χ2n) is 4.78. The molecule has 0 heterocycles. The molecule has 3 nitrogen and oxygen atoms in total.